The summed E-state index contributed by atoms with van der Waals surface area (Å²) in [5, 5.41) is 5.32. The zero-order chi connectivity index (χ0) is 12.7. The molecule has 92 valence electrons. The summed E-state index contributed by atoms with van der Waals surface area (Å²) >= 11 is 3.19. The second-order valence-corrected chi connectivity index (χ2v) is 4.05. The Balaban J connectivity index is 2.41. The van der Waals surface area contributed by atoms with E-state index < -0.39 is 0 Å². The largest absolute Gasteiger partial charge is 0.356 e. The number of nitrogens with one attached hydrogen (secondary N) is 2. The first-order valence-corrected chi connectivity index (χ1v) is 6.10. The SMILES string of the molecule is CCNC(=O)CCNC(=O)c1cccnc1Br. The van der Waals surface area contributed by atoms with Crippen LogP contribution in [0.5, 0.6) is 0 Å². The van der Waals surface area contributed by atoms with Crippen molar-refractivity contribution in [3.8, 4) is 0 Å². The third kappa shape index (κ3) is 4.52. The Labute approximate surface area is 108 Å². The lowest BCUT2D eigenvalue weighted by atomic mass is 10.2. The van der Waals surface area contributed by atoms with Crippen LogP contribution < -0.4 is 10.6 Å². The lowest BCUT2D eigenvalue weighted by molar-refractivity contribution is -0.120. The van der Waals surface area contributed by atoms with Crippen LogP contribution in [0.15, 0.2) is 22.9 Å². The average molecular weight is 300 g/mol. The predicted octanol–water partition coefficient (Wildman–Crippen LogP) is 1.10. The van der Waals surface area contributed by atoms with Crippen LogP contribution in [0.1, 0.15) is 23.7 Å². The fourth-order valence-electron chi connectivity index (χ4n) is 1.23. The lowest BCUT2D eigenvalue weighted by Gasteiger charge is -2.06. The molecule has 2 amide bonds. The highest BCUT2D eigenvalue weighted by molar-refractivity contribution is 9.10. The molecule has 0 unspecified atom stereocenters. The Morgan fingerprint density at radius 3 is 2.82 bits per heavy atom. The van der Waals surface area contributed by atoms with Crippen LogP contribution in [0, 0.1) is 0 Å². The molecule has 5 nitrogen and oxygen atoms in total. The van der Waals surface area contributed by atoms with Crippen molar-refractivity contribution >= 4 is 27.7 Å². The molecule has 0 aliphatic rings. The van der Waals surface area contributed by atoms with Gasteiger partial charge in [0.2, 0.25) is 5.91 Å². The molecule has 0 saturated heterocycles. The van der Waals surface area contributed by atoms with Gasteiger partial charge >= 0.3 is 0 Å². The van der Waals surface area contributed by atoms with Crippen LogP contribution in [-0.2, 0) is 4.79 Å². The van der Waals surface area contributed by atoms with Gasteiger partial charge in [-0.05, 0) is 35.0 Å². The van der Waals surface area contributed by atoms with Gasteiger partial charge in [0, 0.05) is 25.7 Å². The Hall–Kier alpha value is -1.43. The van der Waals surface area contributed by atoms with Crippen LogP contribution in [0.4, 0.5) is 0 Å². The number of hydrogen-bond donors (Lipinski definition) is 2. The monoisotopic (exact) mass is 299 g/mol. The molecule has 0 spiro atoms. The summed E-state index contributed by atoms with van der Waals surface area (Å²) in [4.78, 5) is 26.8. The molecule has 1 aromatic rings. The van der Waals surface area contributed by atoms with Crippen molar-refractivity contribution in [1.82, 2.24) is 15.6 Å². The topological polar surface area (TPSA) is 71.1 Å². The maximum atomic E-state index is 11.7. The molecule has 0 radical (unpaired) electrons. The number of carbonyl (C=O) groups is 2. The molecule has 6 heteroatoms. The fourth-order valence-corrected chi connectivity index (χ4v) is 1.66. The Morgan fingerprint density at radius 2 is 2.18 bits per heavy atom. The molecule has 0 aliphatic heterocycles. The number of pyridine rings is 1. The van der Waals surface area contributed by atoms with Crippen molar-refractivity contribution in [1.29, 1.82) is 0 Å². The number of nitrogens with zero attached hydrogens (tertiary/aromatic N) is 1. The highest BCUT2D eigenvalue weighted by atomic mass is 79.9. The van der Waals surface area contributed by atoms with Crippen LogP contribution in [0.25, 0.3) is 0 Å². The van der Waals surface area contributed by atoms with Crippen molar-refractivity contribution in [2.75, 3.05) is 13.1 Å². The molecule has 0 aliphatic carbocycles. The van der Waals surface area contributed by atoms with E-state index in [1.54, 1.807) is 18.3 Å². The number of halogens is 1. The molecule has 0 aromatic carbocycles. The lowest BCUT2D eigenvalue weighted by Crippen LogP contribution is -2.30. The summed E-state index contributed by atoms with van der Waals surface area (Å²) in [6.07, 6.45) is 1.87. The van der Waals surface area contributed by atoms with Crippen molar-refractivity contribution in [2.45, 2.75) is 13.3 Å². The third-order valence-electron chi connectivity index (χ3n) is 2.02. The van der Waals surface area contributed by atoms with E-state index in [0.717, 1.165) is 0 Å². The van der Waals surface area contributed by atoms with Gasteiger partial charge in [0.25, 0.3) is 5.91 Å². The van der Waals surface area contributed by atoms with Gasteiger partial charge in [-0.1, -0.05) is 0 Å². The predicted molar refractivity (Wildman–Crippen MR) is 67.6 cm³/mol. The van der Waals surface area contributed by atoms with Crippen LogP contribution >= 0.6 is 15.9 Å². The summed E-state index contributed by atoms with van der Waals surface area (Å²) < 4.78 is 0.496. The minimum atomic E-state index is -0.241. The van der Waals surface area contributed by atoms with E-state index in [-0.39, 0.29) is 18.2 Å². The van der Waals surface area contributed by atoms with Gasteiger partial charge in [0.15, 0.2) is 0 Å². The summed E-state index contributed by atoms with van der Waals surface area (Å²) in [5.41, 5.74) is 0.461. The normalized spacial score (nSPS) is 9.76. The van der Waals surface area contributed by atoms with Gasteiger partial charge in [-0.2, -0.15) is 0 Å². The van der Waals surface area contributed by atoms with Gasteiger partial charge in [0.1, 0.15) is 4.60 Å². The van der Waals surface area contributed by atoms with Gasteiger partial charge in [-0.15, -0.1) is 0 Å². The average Bonchev–Trinajstić information content (AvgIpc) is 2.29. The quantitative estimate of drug-likeness (QED) is 0.800. The molecule has 1 aromatic heterocycles. The third-order valence-corrected chi connectivity index (χ3v) is 2.65. The molecule has 17 heavy (non-hydrogen) atoms. The first-order valence-electron chi connectivity index (χ1n) is 5.30. The second-order valence-electron chi connectivity index (χ2n) is 3.30. The van der Waals surface area contributed by atoms with Crippen LogP contribution in [-0.4, -0.2) is 29.9 Å². The molecular formula is C11H14BrN3O2. The summed E-state index contributed by atoms with van der Waals surface area (Å²) in [6.45, 7) is 2.76. The number of carbonyl (C=O) groups excluding carboxylic acids is 2. The van der Waals surface area contributed by atoms with E-state index in [1.165, 1.54) is 0 Å². The van der Waals surface area contributed by atoms with E-state index in [0.29, 0.717) is 23.3 Å². The van der Waals surface area contributed by atoms with Crippen molar-refractivity contribution in [3.05, 3.63) is 28.5 Å². The number of amides is 2. The second kappa shape index (κ2) is 7.01. The Kier molecular flexibility index (Phi) is 5.62. The molecule has 1 heterocycles. The highest BCUT2D eigenvalue weighted by Gasteiger charge is 2.09. The molecule has 0 saturated carbocycles. The van der Waals surface area contributed by atoms with Gasteiger partial charge < -0.3 is 10.6 Å². The van der Waals surface area contributed by atoms with E-state index in [4.69, 9.17) is 0 Å². The Bertz CT molecular complexity index is 409. The smallest absolute Gasteiger partial charge is 0.254 e. The maximum Gasteiger partial charge on any atom is 0.254 e. The number of hydrogen-bond acceptors (Lipinski definition) is 3. The number of rotatable bonds is 5. The van der Waals surface area contributed by atoms with Crippen molar-refractivity contribution < 1.29 is 9.59 Å². The summed E-state index contributed by atoms with van der Waals surface area (Å²) in [7, 11) is 0. The van der Waals surface area contributed by atoms with E-state index in [1.807, 2.05) is 6.92 Å². The molecule has 0 atom stereocenters. The molecule has 0 fully saturated rings. The number of aromatic nitrogens is 1. The van der Waals surface area contributed by atoms with E-state index in [2.05, 4.69) is 31.5 Å². The van der Waals surface area contributed by atoms with Crippen LogP contribution in [0.3, 0.4) is 0 Å². The van der Waals surface area contributed by atoms with Gasteiger partial charge in [-0.25, -0.2) is 4.98 Å². The Morgan fingerprint density at radius 1 is 1.41 bits per heavy atom. The standard InChI is InChI=1S/C11H14BrN3O2/c1-2-13-9(16)5-7-15-11(17)8-4-3-6-14-10(8)12/h3-4,6H,2,5,7H2,1H3,(H,13,16)(H,15,17). The first-order chi connectivity index (χ1) is 8.15. The highest BCUT2D eigenvalue weighted by Crippen LogP contribution is 2.11. The molecule has 1 rings (SSSR count). The fraction of sp³-hybridized carbons (Fsp3) is 0.364. The molecule has 0 bridgehead atoms. The van der Waals surface area contributed by atoms with Crippen LogP contribution in [0.2, 0.25) is 0 Å². The zero-order valence-electron chi connectivity index (χ0n) is 9.50. The van der Waals surface area contributed by atoms with E-state index >= 15 is 0 Å². The van der Waals surface area contributed by atoms with Crippen molar-refractivity contribution in [3.63, 3.8) is 0 Å². The molecule has 2 N–H and O–H groups in total. The zero-order valence-corrected chi connectivity index (χ0v) is 11.1. The summed E-state index contributed by atoms with van der Waals surface area (Å²) in [5.74, 6) is -0.313. The van der Waals surface area contributed by atoms with Crippen molar-refractivity contribution in [2.24, 2.45) is 0 Å². The maximum absolute atomic E-state index is 11.7. The van der Waals surface area contributed by atoms with Gasteiger partial charge in [0.05, 0.1) is 5.56 Å². The van der Waals surface area contributed by atoms with E-state index in [9.17, 15) is 9.59 Å². The first kappa shape index (κ1) is 13.6. The summed E-state index contributed by atoms with van der Waals surface area (Å²) in [6, 6.07) is 3.35. The minimum Gasteiger partial charge on any atom is -0.356 e. The van der Waals surface area contributed by atoms with Gasteiger partial charge in [-0.3, -0.25) is 9.59 Å². The minimum absolute atomic E-state index is 0.0712. The molecular weight excluding hydrogens is 286 g/mol.